The molecule has 0 unspecified atom stereocenters. The summed E-state index contributed by atoms with van der Waals surface area (Å²) in [5, 5.41) is 31.9. The number of nitrogens with zero attached hydrogens (tertiary/aromatic N) is 4. The molecule has 0 radical (unpaired) electrons. The van der Waals surface area contributed by atoms with Gasteiger partial charge >= 0.3 is 5.97 Å². The van der Waals surface area contributed by atoms with Crippen molar-refractivity contribution in [1.29, 1.82) is 0 Å². The lowest BCUT2D eigenvalue weighted by Gasteiger charge is -2.37. The van der Waals surface area contributed by atoms with E-state index in [9.17, 15) is 34.5 Å². The standard InChI is InChI=1S/C17H15FN4O6/c18-11-1-3-12(4-2-11)19-5-7-20(8-6-19)16-14(17(23)24)9-13(21(25)26)10-15(16)22(27)28/h1-4,9-10H,5-8H2,(H,23,24). The number of hydrogen-bond donors (Lipinski definition) is 1. The number of carboxylic acid groups (broad SMARTS) is 1. The van der Waals surface area contributed by atoms with E-state index in [0.29, 0.717) is 13.1 Å². The van der Waals surface area contributed by atoms with Gasteiger partial charge in [-0.1, -0.05) is 0 Å². The van der Waals surface area contributed by atoms with Gasteiger partial charge in [0.05, 0.1) is 21.5 Å². The van der Waals surface area contributed by atoms with Crippen molar-refractivity contribution in [3.8, 4) is 0 Å². The summed E-state index contributed by atoms with van der Waals surface area (Å²) < 4.78 is 13.1. The molecular formula is C17H15FN4O6. The third-order valence-corrected chi connectivity index (χ3v) is 4.50. The smallest absolute Gasteiger partial charge is 0.338 e. The number of nitro benzene ring substituents is 2. The van der Waals surface area contributed by atoms with Gasteiger partial charge in [0, 0.05) is 37.9 Å². The molecule has 1 saturated heterocycles. The third kappa shape index (κ3) is 3.68. The number of anilines is 2. The fourth-order valence-corrected chi connectivity index (χ4v) is 3.18. The molecule has 11 heteroatoms. The second kappa shape index (κ2) is 7.47. The second-order valence-electron chi connectivity index (χ2n) is 6.13. The van der Waals surface area contributed by atoms with Crippen molar-refractivity contribution in [3.05, 3.63) is 68.0 Å². The van der Waals surface area contributed by atoms with E-state index in [-0.39, 0.29) is 24.6 Å². The Hall–Kier alpha value is -3.76. The minimum absolute atomic E-state index is 0.151. The molecule has 1 aliphatic rings. The van der Waals surface area contributed by atoms with E-state index in [1.54, 1.807) is 12.1 Å². The van der Waals surface area contributed by atoms with E-state index < -0.39 is 32.8 Å². The Balaban J connectivity index is 1.93. The maximum atomic E-state index is 13.1. The van der Waals surface area contributed by atoms with Crippen LogP contribution in [0.2, 0.25) is 0 Å². The second-order valence-corrected chi connectivity index (χ2v) is 6.13. The number of aromatic carboxylic acids is 1. The monoisotopic (exact) mass is 390 g/mol. The van der Waals surface area contributed by atoms with Crippen LogP contribution in [-0.2, 0) is 0 Å². The lowest BCUT2D eigenvalue weighted by molar-refractivity contribution is -0.393. The number of carboxylic acids is 1. The van der Waals surface area contributed by atoms with Gasteiger partial charge < -0.3 is 14.9 Å². The SMILES string of the molecule is O=C(O)c1cc([N+](=O)[O-])cc([N+](=O)[O-])c1N1CCN(c2ccc(F)cc2)CC1. The summed E-state index contributed by atoms with van der Waals surface area (Å²) in [7, 11) is 0. The molecule has 3 rings (SSSR count). The van der Waals surface area contributed by atoms with E-state index in [0.717, 1.165) is 17.8 Å². The van der Waals surface area contributed by atoms with Crippen molar-refractivity contribution in [2.75, 3.05) is 36.0 Å². The van der Waals surface area contributed by atoms with Crippen molar-refractivity contribution < 1.29 is 24.1 Å². The highest BCUT2D eigenvalue weighted by molar-refractivity contribution is 5.98. The average Bonchev–Trinajstić information content (AvgIpc) is 2.67. The molecule has 0 bridgehead atoms. The summed E-state index contributed by atoms with van der Waals surface area (Å²) in [5.41, 5.74) is -1.14. The molecule has 10 nitrogen and oxygen atoms in total. The van der Waals surface area contributed by atoms with Gasteiger partial charge in [-0.25, -0.2) is 9.18 Å². The Morgan fingerprint density at radius 2 is 1.54 bits per heavy atom. The zero-order valence-electron chi connectivity index (χ0n) is 14.4. The predicted molar refractivity (Wildman–Crippen MR) is 97.5 cm³/mol. The summed E-state index contributed by atoms with van der Waals surface area (Å²) in [4.78, 5) is 35.9. The molecule has 0 aromatic heterocycles. The number of carbonyl (C=O) groups is 1. The Bertz CT molecular complexity index is 906. The van der Waals surface area contributed by atoms with Gasteiger partial charge in [-0.05, 0) is 24.3 Å². The number of benzene rings is 2. The zero-order chi connectivity index (χ0) is 20.4. The molecule has 146 valence electrons. The molecule has 0 spiro atoms. The summed E-state index contributed by atoms with van der Waals surface area (Å²) in [6, 6.07) is 7.48. The highest BCUT2D eigenvalue weighted by Gasteiger charge is 2.32. The molecule has 1 aliphatic heterocycles. The maximum absolute atomic E-state index is 13.1. The van der Waals surface area contributed by atoms with Gasteiger partial charge in [-0.2, -0.15) is 0 Å². The number of non-ortho nitro benzene ring substituents is 1. The lowest BCUT2D eigenvalue weighted by Crippen LogP contribution is -2.47. The van der Waals surface area contributed by atoms with E-state index in [1.165, 1.54) is 17.0 Å². The highest BCUT2D eigenvalue weighted by atomic mass is 19.1. The third-order valence-electron chi connectivity index (χ3n) is 4.50. The molecule has 1 heterocycles. The Kier molecular flexibility index (Phi) is 5.07. The topological polar surface area (TPSA) is 130 Å². The van der Waals surface area contributed by atoms with Crippen molar-refractivity contribution in [2.45, 2.75) is 0 Å². The fraction of sp³-hybridized carbons (Fsp3) is 0.235. The number of piperazine rings is 1. The van der Waals surface area contributed by atoms with E-state index in [4.69, 9.17) is 0 Å². The number of rotatable bonds is 5. The van der Waals surface area contributed by atoms with Gasteiger partial charge in [0.2, 0.25) is 0 Å². The van der Waals surface area contributed by atoms with Crippen LogP contribution in [0, 0.1) is 26.0 Å². The first kappa shape index (κ1) is 19.0. The summed E-state index contributed by atoms with van der Waals surface area (Å²) >= 11 is 0. The van der Waals surface area contributed by atoms with Crippen molar-refractivity contribution in [3.63, 3.8) is 0 Å². The zero-order valence-corrected chi connectivity index (χ0v) is 14.4. The Labute approximate surface area is 157 Å². The van der Waals surface area contributed by atoms with Gasteiger partial charge in [0.15, 0.2) is 0 Å². The number of hydrogen-bond acceptors (Lipinski definition) is 7. The molecular weight excluding hydrogens is 375 g/mol. The Morgan fingerprint density at radius 3 is 2.04 bits per heavy atom. The van der Waals surface area contributed by atoms with Crippen molar-refractivity contribution >= 4 is 28.7 Å². The van der Waals surface area contributed by atoms with Crippen LogP contribution in [0.4, 0.5) is 27.1 Å². The summed E-state index contributed by atoms with van der Waals surface area (Å²) in [6.07, 6.45) is 0. The molecule has 28 heavy (non-hydrogen) atoms. The Morgan fingerprint density at radius 1 is 0.964 bits per heavy atom. The predicted octanol–water partition coefficient (Wildman–Crippen LogP) is 2.67. The highest BCUT2D eigenvalue weighted by Crippen LogP contribution is 2.37. The molecule has 2 aromatic rings. The molecule has 1 fully saturated rings. The lowest BCUT2D eigenvalue weighted by atomic mass is 10.1. The van der Waals surface area contributed by atoms with Crippen LogP contribution in [-0.4, -0.2) is 47.1 Å². The minimum atomic E-state index is -1.48. The van der Waals surface area contributed by atoms with Crippen LogP contribution in [0.15, 0.2) is 36.4 Å². The van der Waals surface area contributed by atoms with Gasteiger partial charge in [-0.3, -0.25) is 20.2 Å². The largest absolute Gasteiger partial charge is 0.478 e. The quantitative estimate of drug-likeness (QED) is 0.609. The van der Waals surface area contributed by atoms with Crippen LogP contribution in [0.25, 0.3) is 0 Å². The van der Waals surface area contributed by atoms with E-state index in [2.05, 4.69) is 0 Å². The van der Waals surface area contributed by atoms with Crippen LogP contribution in [0.3, 0.4) is 0 Å². The molecule has 2 aromatic carbocycles. The number of halogens is 1. The normalized spacial score (nSPS) is 14.0. The summed E-state index contributed by atoms with van der Waals surface area (Å²) in [6.45, 7) is 1.35. The van der Waals surface area contributed by atoms with Crippen molar-refractivity contribution in [2.24, 2.45) is 0 Å². The molecule has 0 atom stereocenters. The van der Waals surface area contributed by atoms with Crippen LogP contribution < -0.4 is 9.80 Å². The van der Waals surface area contributed by atoms with Gasteiger partial charge in [0.25, 0.3) is 11.4 Å². The van der Waals surface area contributed by atoms with Gasteiger partial charge in [-0.15, -0.1) is 0 Å². The summed E-state index contributed by atoms with van der Waals surface area (Å²) in [5.74, 6) is -1.85. The minimum Gasteiger partial charge on any atom is -0.478 e. The molecule has 0 saturated carbocycles. The molecule has 1 N–H and O–H groups in total. The maximum Gasteiger partial charge on any atom is 0.338 e. The molecule has 0 amide bonds. The average molecular weight is 390 g/mol. The number of nitro groups is 2. The first-order chi connectivity index (χ1) is 13.3. The van der Waals surface area contributed by atoms with Crippen LogP contribution in [0.1, 0.15) is 10.4 Å². The van der Waals surface area contributed by atoms with Crippen molar-refractivity contribution in [1.82, 2.24) is 0 Å². The molecule has 0 aliphatic carbocycles. The van der Waals surface area contributed by atoms with Gasteiger partial charge in [0.1, 0.15) is 11.5 Å². The van der Waals surface area contributed by atoms with E-state index in [1.807, 2.05) is 4.90 Å². The van der Waals surface area contributed by atoms with Crippen LogP contribution >= 0.6 is 0 Å². The van der Waals surface area contributed by atoms with E-state index >= 15 is 0 Å². The first-order valence-electron chi connectivity index (χ1n) is 8.23. The van der Waals surface area contributed by atoms with Crippen LogP contribution in [0.5, 0.6) is 0 Å². The fourth-order valence-electron chi connectivity index (χ4n) is 3.18. The first-order valence-corrected chi connectivity index (χ1v) is 8.23.